The van der Waals surface area contributed by atoms with Crippen LogP contribution in [0.15, 0.2) is 18.2 Å². The highest BCUT2D eigenvalue weighted by atomic mass is 32.1. The van der Waals surface area contributed by atoms with Crippen LogP contribution in [0, 0.1) is 25.2 Å². The summed E-state index contributed by atoms with van der Waals surface area (Å²) >= 11 is 1.44. The van der Waals surface area contributed by atoms with Crippen molar-refractivity contribution in [3.8, 4) is 11.8 Å². The van der Waals surface area contributed by atoms with Gasteiger partial charge in [0.1, 0.15) is 16.8 Å². The van der Waals surface area contributed by atoms with Gasteiger partial charge in [0.2, 0.25) is 0 Å². The first-order valence-corrected chi connectivity index (χ1v) is 10.0. The number of carbonyl (C=O) groups is 2. The SMILES string of the molecule is Cc1cccc(OCC(=O)OCC(=O)Nc2sc3c(c2C#N)CCCC3)c1C. The van der Waals surface area contributed by atoms with Crippen LogP contribution in [0.4, 0.5) is 5.00 Å². The Morgan fingerprint density at radius 2 is 2.00 bits per heavy atom. The number of nitrogens with one attached hydrogen (secondary N) is 1. The highest BCUT2D eigenvalue weighted by Crippen LogP contribution is 2.37. The van der Waals surface area contributed by atoms with E-state index in [1.54, 1.807) is 6.07 Å². The number of nitriles is 1. The van der Waals surface area contributed by atoms with E-state index >= 15 is 0 Å². The lowest BCUT2D eigenvalue weighted by Gasteiger charge is -2.10. The van der Waals surface area contributed by atoms with E-state index in [1.165, 1.54) is 11.3 Å². The molecule has 1 heterocycles. The van der Waals surface area contributed by atoms with Crippen LogP contribution in [0.2, 0.25) is 0 Å². The summed E-state index contributed by atoms with van der Waals surface area (Å²) < 4.78 is 10.5. The van der Waals surface area contributed by atoms with Gasteiger partial charge in [-0.1, -0.05) is 12.1 Å². The maximum atomic E-state index is 12.1. The summed E-state index contributed by atoms with van der Waals surface area (Å²) in [5, 5.41) is 12.7. The molecule has 3 rings (SSSR count). The standard InChI is InChI=1S/C21H22N2O4S/c1-13-6-5-8-17(14(13)2)26-12-20(25)27-11-19(24)23-21-16(10-22)15-7-3-4-9-18(15)28-21/h5-6,8H,3-4,7,9,11-12H2,1-2H3,(H,23,24). The Morgan fingerprint density at radius 1 is 1.21 bits per heavy atom. The fraction of sp³-hybridized carbons (Fsp3) is 0.381. The summed E-state index contributed by atoms with van der Waals surface area (Å²) in [4.78, 5) is 25.2. The van der Waals surface area contributed by atoms with Crippen molar-refractivity contribution in [3.05, 3.63) is 45.3 Å². The van der Waals surface area contributed by atoms with Crippen LogP contribution in [0.3, 0.4) is 0 Å². The number of hydrogen-bond donors (Lipinski definition) is 1. The Balaban J connectivity index is 1.51. The Morgan fingerprint density at radius 3 is 2.79 bits per heavy atom. The van der Waals surface area contributed by atoms with Gasteiger partial charge in [0.15, 0.2) is 13.2 Å². The fourth-order valence-corrected chi connectivity index (χ4v) is 4.40. The minimum Gasteiger partial charge on any atom is -0.482 e. The molecular formula is C21H22N2O4S. The van der Waals surface area contributed by atoms with Gasteiger partial charge in [-0.3, -0.25) is 4.79 Å². The number of benzene rings is 1. The summed E-state index contributed by atoms with van der Waals surface area (Å²) in [6.45, 7) is 3.19. The van der Waals surface area contributed by atoms with E-state index in [-0.39, 0.29) is 6.61 Å². The normalized spacial score (nSPS) is 12.6. The molecule has 0 unspecified atom stereocenters. The van der Waals surface area contributed by atoms with Crippen molar-refractivity contribution in [2.75, 3.05) is 18.5 Å². The molecular weight excluding hydrogens is 376 g/mol. The van der Waals surface area contributed by atoms with Crippen molar-refractivity contribution in [3.63, 3.8) is 0 Å². The zero-order valence-corrected chi connectivity index (χ0v) is 16.8. The highest BCUT2D eigenvalue weighted by molar-refractivity contribution is 7.16. The lowest BCUT2D eigenvalue weighted by Crippen LogP contribution is -2.23. The number of carbonyl (C=O) groups excluding carboxylic acids is 2. The Hall–Kier alpha value is -2.85. The summed E-state index contributed by atoms with van der Waals surface area (Å²) in [7, 11) is 0. The van der Waals surface area contributed by atoms with Gasteiger partial charge in [0.25, 0.3) is 5.91 Å². The van der Waals surface area contributed by atoms with Crippen LogP contribution < -0.4 is 10.1 Å². The summed E-state index contributed by atoms with van der Waals surface area (Å²) in [6.07, 6.45) is 3.97. The zero-order chi connectivity index (χ0) is 20.1. The molecule has 0 saturated carbocycles. The first kappa shape index (κ1) is 19.9. The number of anilines is 1. The lowest BCUT2D eigenvalue weighted by atomic mass is 9.96. The van der Waals surface area contributed by atoms with E-state index in [9.17, 15) is 14.9 Å². The number of thiophene rings is 1. The number of esters is 1. The number of aryl methyl sites for hydroxylation is 2. The Bertz CT molecular complexity index is 943. The molecule has 1 N–H and O–H groups in total. The Labute approximate surface area is 168 Å². The van der Waals surface area contributed by atoms with E-state index in [4.69, 9.17) is 9.47 Å². The molecule has 1 aliphatic carbocycles. The van der Waals surface area contributed by atoms with Crippen LogP contribution in [0.25, 0.3) is 0 Å². The molecule has 0 spiro atoms. The van der Waals surface area contributed by atoms with Gasteiger partial charge in [0, 0.05) is 4.88 Å². The molecule has 7 heteroatoms. The van der Waals surface area contributed by atoms with Gasteiger partial charge in [-0.15, -0.1) is 11.3 Å². The van der Waals surface area contributed by atoms with Gasteiger partial charge in [-0.25, -0.2) is 4.79 Å². The number of nitrogens with zero attached hydrogens (tertiary/aromatic N) is 1. The van der Waals surface area contributed by atoms with Crippen molar-refractivity contribution in [1.29, 1.82) is 5.26 Å². The first-order valence-electron chi connectivity index (χ1n) is 9.18. The summed E-state index contributed by atoms with van der Waals surface area (Å²) in [5.74, 6) is -0.471. The van der Waals surface area contributed by atoms with Gasteiger partial charge >= 0.3 is 5.97 Å². The molecule has 146 valence electrons. The number of rotatable bonds is 6. The molecule has 1 aliphatic rings. The quantitative estimate of drug-likeness (QED) is 0.750. The van der Waals surface area contributed by atoms with Crippen molar-refractivity contribution in [2.24, 2.45) is 0 Å². The number of hydrogen-bond acceptors (Lipinski definition) is 6. The van der Waals surface area contributed by atoms with Gasteiger partial charge in [-0.2, -0.15) is 5.26 Å². The topological polar surface area (TPSA) is 88.4 Å². The van der Waals surface area contributed by atoms with Gasteiger partial charge in [0.05, 0.1) is 5.56 Å². The molecule has 6 nitrogen and oxygen atoms in total. The first-order chi connectivity index (χ1) is 13.5. The van der Waals surface area contributed by atoms with E-state index in [0.717, 1.165) is 47.3 Å². The Kier molecular flexibility index (Phi) is 6.32. The lowest BCUT2D eigenvalue weighted by molar-refractivity contribution is -0.149. The second-order valence-electron chi connectivity index (χ2n) is 6.72. The highest BCUT2D eigenvalue weighted by Gasteiger charge is 2.22. The molecule has 0 bridgehead atoms. The van der Waals surface area contributed by atoms with E-state index < -0.39 is 18.5 Å². The third-order valence-electron chi connectivity index (χ3n) is 4.80. The number of amides is 1. The second-order valence-corrected chi connectivity index (χ2v) is 7.83. The average Bonchev–Trinajstić information content (AvgIpc) is 3.04. The monoisotopic (exact) mass is 398 g/mol. The molecule has 0 fully saturated rings. The molecule has 1 amide bonds. The van der Waals surface area contributed by atoms with Crippen LogP contribution in [-0.2, 0) is 27.2 Å². The molecule has 28 heavy (non-hydrogen) atoms. The zero-order valence-electron chi connectivity index (χ0n) is 16.0. The van der Waals surface area contributed by atoms with Crippen LogP contribution in [-0.4, -0.2) is 25.1 Å². The van der Waals surface area contributed by atoms with Crippen molar-refractivity contribution in [2.45, 2.75) is 39.5 Å². The summed E-state index contributed by atoms with van der Waals surface area (Å²) in [6, 6.07) is 7.78. The molecule has 2 aromatic rings. The number of fused-ring (bicyclic) bond motifs is 1. The molecule has 0 saturated heterocycles. The van der Waals surface area contributed by atoms with E-state index in [2.05, 4.69) is 11.4 Å². The van der Waals surface area contributed by atoms with Crippen LogP contribution in [0.5, 0.6) is 5.75 Å². The van der Waals surface area contributed by atoms with E-state index in [1.807, 2.05) is 26.0 Å². The minimum atomic E-state index is -0.623. The smallest absolute Gasteiger partial charge is 0.344 e. The maximum Gasteiger partial charge on any atom is 0.344 e. The average molecular weight is 398 g/mol. The van der Waals surface area contributed by atoms with E-state index in [0.29, 0.717) is 16.3 Å². The van der Waals surface area contributed by atoms with Crippen LogP contribution in [0.1, 0.15) is 40.0 Å². The van der Waals surface area contributed by atoms with Gasteiger partial charge in [-0.05, 0) is 62.3 Å². The number of ether oxygens (including phenoxy) is 2. The van der Waals surface area contributed by atoms with Crippen molar-refractivity contribution in [1.82, 2.24) is 0 Å². The molecule has 0 radical (unpaired) electrons. The van der Waals surface area contributed by atoms with Gasteiger partial charge < -0.3 is 14.8 Å². The minimum absolute atomic E-state index is 0.270. The predicted octanol–water partition coefficient (Wildman–Crippen LogP) is 3.68. The predicted molar refractivity (Wildman–Crippen MR) is 107 cm³/mol. The third-order valence-corrected chi connectivity index (χ3v) is 6.01. The largest absolute Gasteiger partial charge is 0.482 e. The fourth-order valence-electron chi connectivity index (χ4n) is 3.14. The molecule has 0 aliphatic heterocycles. The van der Waals surface area contributed by atoms with Crippen molar-refractivity contribution < 1.29 is 19.1 Å². The summed E-state index contributed by atoms with van der Waals surface area (Å²) in [5.41, 5.74) is 3.61. The van der Waals surface area contributed by atoms with Crippen molar-refractivity contribution >= 4 is 28.2 Å². The molecule has 1 aromatic heterocycles. The second kappa shape index (κ2) is 8.89. The molecule has 1 aromatic carbocycles. The maximum absolute atomic E-state index is 12.1. The third kappa shape index (κ3) is 4.52. The van der Waals surface area contributed by atoms with Crippen LogP contribution >= 0.6 is 11.3 Å². The molecule has 0 atom stereocenters.